The lowest BCUT2D eigenvalue weighted by Crippen LogP contribution is -2.38. The Morgan fingerprint density at radius 3 is 2.82 bits per heavy atom. The molecule has 0 amide bonds. The predicted octanol–water partition coefficient (Wildman–Crippen LogP) is 3.51. The van der Waals surface area contributed by atoms with E-state index in [4.69, 9.17) is 0 Å². The molecule has 0 bridgehead atoms. The Morgan fingerprint density at radius 2 is 2.12 bits per heavy atom. The van der Waals surface area contributed by atoms with Gasteiger partial charge in [0.05, 0.1) is 6.10 Å². The second-order valence-electron chi connectivity index (χ2n) is 5.02. The number of hydrogen-bond acceptors (Lipinski definition) is 2. The summed E-state index contributed by atoms with van der Waals surface area (Å²) in [5.74, 6) is 0. The Bertz CT molecular complexity index is 364. The molecule has 0 saturated carbocycles. The van der Waals surface area contributed by atoms with E-state index in [2.05, 4.69) is 30.0 Å². The van der Waals surface area contributed by atoms with E-state index in [1.54, 1.807) is 0 Å². The van der Waals surface area contributed by atoms with Gasteiger partial charge in [0, 0.05) is 23.8 Å². The molecular formula is C15H23NO. The van der Waals surface area contributed by atoms with Gasteiger partial charge in [-0.3, -0.25) is 0 Å². The Morgan fingerprint density at radius 1 is 1.35 bits per heavy atom. The molecule has 1 N–H and O–H groups in total. The molecule has 1 aliphatic rings. The SMILES string of the molecule is CCC(O)c1ccccc1N1CCCCC1C. The highest BCUT2D eigenvalue weighted by Crippen LogP contribution is 2.32. The highest BCUT2D eigenvalue weighted by molar-refractivity contribution is 5.55. The van der Waals surface area contributed by atoms with Gasteiger partial charge >= 0.3 is 0 Å². The summed E-state index contributed by atoms with van der Waals surface area (Å²) in [6, 6.07) is 8.89. The van der Waals surface area contributed by atoms with Gasteiger partial charge in [-0.2, -0.15) is 0 Å². The van der Waals surface area contributed by atoms with Crippen LogP contribution in [0.4, 0.5) is 5.69 Å². The largest absolute Gasteiger partial charge is 0.388 e. The second kappa shape index (κ2) is 5.54. The van der Waals surface area contributed by atoms with E-state index >= 15 is 0 Å². The number of nitrogens with zero attached hydrogens (tertiary/aromatic N) is 1. The van der Waals surface area contributed by atoms with E-state index in [1.807, 2.05) is 13.0 Å². The maximum Gasteiger partial charge on any atom is 0.0807 e. The van der Waals surface area contributed by atoms with Gasteiger partial charge in [-0.05, 0) is 38.7 Å². The molecule has 2 atom stereocenters. The van der Waals surface area contributed by atoms with Crippen molar-refractivity contribution >= 4 is 5.69 Å². The Labute approximate surface area is 104 Å². The Balaban J connectivity index is 2.30. The Kier molecular flexibility index (Phi) is 4.06. The van der Waals surface area contributed by atoms with Crippen molar-refractivity contribution < 1.29 is 5.11 Å². The number of hydrogen-bond donors (Lipinski definition) is 1. The lowest BCUT2D eigenvalue weighted by Gasteiger charge is -2.37. The molecule has 0 aliphatic carbocycles. The van der Waals surface area contributed by atoms with Gasteiger partial charge in [-0.25, -0.2) is 0 Å². The lowest BCUT2D eigenvalue weighted by molar-refractivity contribution is 0.174. The number of aliphatic hydroxyl groups excluding tert-OH is 1. The zero-order valence-electron chi connectivity index (χ0n) is 10.9. The van der Waals surface area contributed by atoms with E-state index in [1.165, 1.54) is 24.9 Å². The number of benzene rings is 1. The van der Waals surface area contributed by atoms with Crippen molar-refractivity contribution in [2.45, 2.75) is 51.7 Å². The molecule has 2 nitrogen and oxygen atoms in total. The number of para-hydroxylation sites is 1. The lowest BCUT2D eigenvalue weighted by atomic mass is 9.98. The molecule has 1 aromatic rings. The van der Waals surface area contributed by atoms with Crippen LogP contribution in [0.15, 0.2) is 24.3 Å². The molecule has 0 spiro atoms. The van der Waals surface area contributed by atoms with Crippen molar-refractivity contribution in [3.05, 3.63) is 29.8 Å². The predicted molar refractivity (Wildman–Crippen MR) is 72.4 cm³/mol. The van der Waals surface area contributed by atoms with Gasteiger partial charge < -0.3 is 10.0 Å². The first kappa shape index (κ1) is 12.4. The first-order valence-corrected chi connectivity index (χ1v) is 6.77. The molecular weight excluding hydrogens is 210 g/mol. The second-order valence-corrected chi connectivity index (χ2v) is 5.02. The van der Waals surface area contributed by atoms with Gasteiger partial charge in [-0.15, -0.1) is 0 Å². The average molecular weight is 233 g/mol. The molecule has 0 radical (unpaired) electrons. The van der Waals surface area contributed by atoms with Gasteiger partial charge in [0.2, 0.25) is 0 Å². The van der Waals surface area contributed by atoms with Crippen LogP contribution >= 0.6 is 0 Å². The quantitative estimate of drug-likeness (QED) is 0.863. The van der Waals surface area contributed by atoms with E-state index in [0.29, 0.717) is 6.04 Å². The molecule has 1 aliphatic heterocycles. The number of rotatable bonds is 3. The molecule has 1 aromatic carbocycles. The molecule has 2 unspecified atom stereocenters. The maximum atomic E-state index is 10.1. The smallest absolute Gasteiger partial charge is 0.0807 e. The molecule has 1 fully saturated rings. The first-order chi connectivity index (χ1) is 8.24. The summed E-state index contributed by atoms with van der Waals surface area (Å²) in [4.78, 5) is 2.46. The van der Waals surface area contributed by atoms with Crippen LogP contribution in [0.2, 0.25) is 0 Å². The van der Waals surface area contributed by atoms with Crippen molar-refractivity contribution in [3.63, 3.8) is 0 Å². The number of aliphatic hydroxyl groups is 1. The molecule has 94 valence electrons. The van der Waals surface area contributed by atoms with Crippen molar-refractivity contribution in [3.8, 4) is 0 Å². The molecule has 2 rings (SSSR count). The summed E-state index contributed by atoms with van der Waals surface area (Å²) < 4.78 is 0. The third kappa shape index (κ3) is 2.63. The van der Waals surface area contributed by atoms with Crippen molar-refractivity contribution in [2.24, 2.45) is 0 Å². The highest BCUT2D eigenvalue weighted by Gasteiger charge is 2.22. The van der Waals surface area contributed by atoms with E-state index in [9.17, 15) is 5.11 Å². The van der Waals surface area contributed by atoms with Crippen molar-refractivity contribution in [1.82, 2.24) is 0 Å². The van der Waals surface area contributed by atoms with Crippen LogP contribution in [-0.4, -0.2) is 17.7 Å². The van der Waals surface area contributed by atoms with Gasteiger partial charge in [-0.1, -0.05) is 25.1 Å². The summed E-state index contributed by atoms with van der Waals surface area (Å²) in [7, 11) is 0. The van der Waals surface area contributed by atoms with Crippen LogP contribution in [-0.2, 0) is 0 Å². The zero-order valence-corrected chi connectivity index (χ0v) is 10.9. The van der Waals surface area contributed by atoms with Crippen LogP contribution in [0, 0.1) is 0 Å². The van der Waals surface area contributed by atoms with Crippen LogP contribution in [0.3, 0.4) is 0 Å². The summed E-state index contributed by atoms with van der Waals surface area (Å²) in [5, 5.41) is 10.1. The van der Waals surface area contributed by atoms with Crippen LogP contribution in [0.1, 0.15) is 51.2 Å². The maximum absolute atomic E-state index is 10.1. The molecule has 1 saturated heterocycles. The summed E-state index contributed by atoms with van der Waals surface area (Å²) >= 11 is 0. The van der Waals surface area contributed by atoms with Gasteiger partial charge in [0.15, 0.2) is 0 Å². The highest BCUT2D eigenvalue weighted by atomic mass is 16.3. The third-order valence-corrected chi connectivity index (χ3v) is 3.79. The minimum Gasteiger partial charge on any atom is -0.388 e. The fourth-order valence-corrected chi connectivity index (χ4v) is 2.71. The third-order valence-electron chi connectivity index (χ3n) is 3.79. The standard InChI is InChI=1S/C15H23NO/c1-3-15(17)13-9-4-5-10-14(13)16-11-7-6-8-12(16)2/h4-5,9-10,12,15,17H,3,6-8,11H2,1-2H3. The topological polar surface area (TPSA) is 23.5 Å². The summed E-state index contributed by atoms with van der Waals surface area (Å²) in [6.45, 7) is 5.43. The zero-order chi connectivity index (χ0) is 12.3. The van der Waals surface area contributed by atoms with Crippen LogP contribution < -0.4 is 4.90 Å². The average Bonchev–Trinajstić information content (AvgIpc) is 2.38. The van der Waals surface area contributed by atoms with Crippen LogP contribution in [0.25, 0.3) is 0 Å². The normalized spacial score (nSPS) is 22.5. The monoisotopic (exact) mass is 233 g/mol. The summed E-state index contributed by atoms with van der Waals surface area (Å²) in [5.41, 5.74) is 2.32. The fraction of sp³-hybridized carbons (Fsp3) is 0.600. The van der Waals surface area contributed by atoms with Crippen molar-refractivity contribution in [2.75, 3.05) is 11.4 Å². The van der Waals surface area contributed by atoms with Crippen molar-refractivity contribution in [1.29, 1.82) is 0 Å². The number of anilines is 1. The van der Waals surface area contributed by atoms with E-state index in [-0.39, 0.29) is 6.10 Å². The molecule has 17 heavy (non-hydrogen) atoms. The fourth-order valence-electron chi connectivity index (χ4n) is 2.71. The van der Waals surface area contributed by atoms with Crippen LogP contribution in [0.5, 0.6) is 0 Å². The van der Waals surface area contributed by atoms with E-state index < -0.39 is 0 Å². The molecule has 2 heteroatoms. The summed E-state index contributed by atoms with van der Waals surface area (Å²) in [6.07, 6.45) is 4.30. The van der Waals surface area contributed by atoms with Gasteiger partial charge in [0.25, 0.3) is 0 Å². The first-order valence-electron chi connectivity index (χ1n) is 6.77. The minimum absolute atomic E-state index is 0.333. The van der Waals surface area contributed by atoms with E-state index in [0.717, 1.165) is 18.5 Å². The minimum atomic E-state index is -0.333. The Hall–Kier alpha value is -1.02. The molecule has 1 heterocycles. The molecule has 0 aromatic heterocycles. The number of piperidine rings is 1. The van der Waals surface area contributed by atoms with Gasteiger partial charge in [0.1, 0.15) is 0 Å².